The van der Waals surface area contributed by atoms with Crippen molar-refractivity contribution in [3.05, 3.63) is 34.4 Å². The van der Waals surface area contributed by atoms with Crippen LogP contribution in [-0.4, -0.2) is 12.1 Å². The Labute approximate surface area is 97.0 Å². The molecule has 16 heavy (non-hydrogen) atoms. The Morgan fingerprint density at radius 3 is 1.62 bits per heavy atom. The van der Waals surface area contributed by atoms with Crippen molar-refractivity contribution >= 4 is 0 Å². The van der Waals surface area contributed by atoms with Crippen molar-refractivity contribution in [2.45, 2.75) is 50.6 Å². The zero-order chi connectivity index (χ0) is 11.1. The number of hydrogen-bond donors (Lipinski definition) is 2. The number of fused-ring (bicyclic) bond motifs is 2. The summed E-state index contributed by atoms with van der Waals surface area (Å²) in [5.41, 5.74) is 18.1. The van der Waals surface area contributed by atoms with Crippen LogP contribution >= 0.6 is 0 Å². The van der Waals surface area contributed by atoms with Crippen molar-refractivity contribution < 1.29 is 0 Å². The summed E-state index contributed by atoms with van der Waals surface area (Å²) in [4.78, 5) is 0. The quantitative estimate of drug-likeness (QED) is 0.687. The zero-order valence-corrected chi connectivity index (χ0v) is 9.71. The summed E-state index contributed by atoms with van der Waals surface area (Å²) in [6.07, 6.45) is 6.71. The minimum atomic E-state index is 0.372. The minimum absolute atomic E-state index is 0.372. The first kappa shape index (κ1) is 10.3. The first-order valence-electron chi connectivity index (χ1n) is 6.37. The minimum Gasteiger partial charge on any atom is -0.327 e. The van der Waals surface area contributed by atoms with Gasteiger partial charge in [-0.1, -0.05) is 12.1 Å². The lowest BCUT2D eigenvalue weighted by Gasteiger charge is -2.27. The van der Waals surface area contributed by atoms with Crippen LogP contribution in [0.3, 0.4) is 0 Å². The van der Waals surface area contributed by atoms with Crippen LogP contribution in [0.5, 0.6) is 0 Å². The van der Waals surface area contributed by atoms with Crippen LogP contribution in [0.25, 0.3) is 0 Å². The van der Waals surface area contributed by atoms with E-state index in [1.54, 1.807) is 0 Å². The fraction of sp³-hybridized carbons (Fsp3) is 0.571. The fourth-order valence-electron chi connectivity index (χ4n) is 3.09. The van der Waals surface area contributed by atoms with Gasteiger partial charge in [0.2, 0.25) is 0 Å². The number of aryl methyl sites for hydroxylation is 2. The van der Waals surface area contributed by atoms with E-state index in [-0.39, 0.29) is 0 Å². The molecule has 2 unspecified atom stereocenters. The third-order valence-electron chi connectivity index (χ3n) is 4.05. The van der Waals surface area contributed by atoms with E-state index in [9.17, 15) is 0 Å². The Kier molecular flexibility index (Phi) is 2.49. The SMILES string of the molecule is NC1CCc2cc3c(cc2C1)CCC(N)C3. The van der Waals surface area contributed by atoms with E-state index in [1.807, 2.05) is 0 Å². The van der Waals surface area contributed by atoms with E-state index in [0.717, 1.165) is 38.5 Å². The predicted octanol–water partition coefficient (Wildman–Crippen LogP) is 1.32. The summed E-state index contributed by atoms with van der Waals surface area (Å²) in [6, 6.07) is 5.54. The van der Waals surface area contributed by atoms with Gasteiger partial charge in [-0.05, 0) is 60.8 Å². The summed E-state index contributed by atoms with van der Waals surface area (Å²) < 4.78 is 0. The molecule has 2 atom stereocenters. The fourth-order valence-corrected chi connectivity index (χ4v) is 3.09. The van der Waals surface area contributed by atoms with Crippen molar-refractivity contribution in [2.75, 3.05) is 0 Å². The van der Waals surface area contributed by atoms with Crippen molar-refractivity contribution in [3.8, 4) is 0 Å². The van der Waals surface area contributed by atoms with Crippen LogP contribution in [0, 0.1) is 0 Å². The molecule has 3 rings (SSSR count). The molecule has 0 saturated carbocycles. The highest BCUT2D eigenvalue weighted by molar-refractivity contribution is 5.42. The van der Waals surface area contributed by atoms with Gasteiger partial charge in [0.25, 0.3) is 0 Å². The van der Waals surface area contributed by atoms with Gasteiger partial charge < -0.3 is 11.5 Å². The predicted molar refractivity (Wildman–Crippen MR) is 66.4 cm³/mol. The molecular weight excluding hydrogens is 196 g/mol. The molecule has 0 bridgehead atoms. The van der Waals surface area contributed by atoms with E-state index in [1.165, 1.54) is 22.3 Å². The lowest BCUT2D eigenvalue weighted by atomic mass is 9.81. The van der Waals surface area contributed by atoms with Crippen molar-refractivity contribution in [1.82, 2.24) is 0 Å². The first-order valence-corrected chi connectivity index (χ1v) is 6.37. The lowest BCUT2D eigenvalue weighted by Crippen LogP contribution is -2.30. The highest BCUT2D eigenvalue weighted by Gasteiger charge is 2.21. The number of nitrogens with two attached hydrogens (primary N) is 2. The Morgan fingerprint density at radius 1 is 0.750 bits per heavy atom. The molecule has 0 spiro atoms. The Bertz CT molecular complexity index is 372. The van der Waals surface area contributed by atoms with E-state index >= 15 is 0 Å². The molecule has 2 aliphatic rings. The van der Waals surface area contributed by atoms with Crippen molar-refractivity contribution in [1.29, 1.82) is 0 Å². The standard InChI is InChI=1S/C14H20N2/c15-13-3-1-9-5-12-8-14(16)4-2-10(12)6-11(9)7-13/h5-6,13-14H,1-4,7-8,15-16H2. The first-order chi connectivity index (χ1) is 7.72. The maximum Gasteiger partial charge on any atom is 0.00825 e. The van der Waals surface area contributed by atoms with Crippen LogP contribution in [-0.2, 0) is 25.7 Å². The second-order valence-electron chi connectivity index (χ2n) is 5.40. The van der Waals surface area contributed by atoms with Gasteiger partial charge in [-0.15, -0.1) is 0 Å². The molecule has 4 N–H and O–H groups in total. The average Bonchev–Trinajstić information content (AvgIpc) is 2.26. The summed E-state index contributed by atoms with van der Waals surface area (Å²) in [7, 11) is 0. The maximum absolute atomic E-state index is 6.03. The molecule has 0 saturated heterocycles. The average molecular weight is 216 g/mol. The van der Waals surface area contributed by atoms with Crippen molar-refractivity contribution in [2.24, 2.45) is 11.5 Å². The lowest BCUT2D eigenvalue weighted by molar-refractivity contribution is 0.558. The summed E-state index contributed by atoms with van der Waals surface area (Å²) in [6.45, 7) is 0. The highest BCUT2D eigenvalue weighted by atomic mass is 14.6. The zero-order valence-electron chi connectivity index (χ0n) is 9.71. The second-order valence-corrected chi connectivity index (χ2v) is 5.40. The molecule has 1 aromatic rings. The van der Waals surface area contributed by atoms with Crippen molar-refractivity contribution in [3.63, 3.8) is 0 Å². The molecule has 2 aliphatic carbocycles. The monoisotopic (exact) mass is 216 g/mol. The Hall–Kier alpha value is -0.860. The van der Waals surface area contributed by atoms with Crippen LogP contribution < -0.4 is 11.5 Å². The Morgan fingerprint density at radius 2 is 1.19 bits per heavy atom. The molecule has 0 aromatic heterocycles. The summed E-state index contributed by atoms with van der Waals surface area (Å²) >= 11 is 0. The molecular formula is C14H20N2. The maximum atomic E-state index is 6.03. The van der Waals surface area contributed by atoms with Crippen LogP contribution in [0.15, 0.2) is 12.1 Å². The number of hydrogen-bond acceptors (Lipinski definition) is 2. The van der Waals surface area contributed by atoms with Gasteiger partial charge in [0.05, 0.1) is 0 Å². The van der Waals surface area contributed by atoms with Gasteiger partial charge in [0.15, 0.2) is 0 Å². The molecule has 86 valence electrons. The Balaban J connectivity index is 1.99. The van der Waals surface area contributed by atoms with Gasteiger partial charge in [-0.2, -0.15) is 0 Å². The highest BCUT2D eigenvalue weighted by Crippen LogP contribution is 2.28. The van der Waals surface area contributed by atoms with Crippen LogP contribution in [0.1, 0.15) is 35.1 Å². The second kappa shape index (κ2) is 3.86. The number of rotatable bonds is 0. The molecule has 2 nitrogen and oxygen atoms in total. The molecule has 2 heteroatoms. The van der Waals surface area contributed by atoms with Gasteiger partial charge in [0.1, 0.15) is 0 Å². The van der Waals surface area contributed by atoms with Crippen LogP contribution in [0.4, 0.5) is 0 Å². The molecule has 1 aromatic carbocycles. The van der Waals surface area contributed by atoms with E-state index < -0.39 is 0 Å². The van der Waals surface area contributed by atoms with Crippen LogP contribution in [0.2, 0.25) is 0 Å². The molecule has 0 fully saturated rings. The van der Waals surface area contributed by atoms with E-state index in [4.69, 9.17) is 11.5 Å². The molecule has 0 heterocycles. The smallest absolute Gasteiger partial charge is 0.00825 e. The van der Waals surface area contributed by atoms with Gasteiger partial charge in [-0.25, -0.2) is 0 Å². The molecule has 0 aliphatic heterocycles. The third kappa shape index (κ3) is 1.76. The molecule has 0 radical (unpaired) electrons. The summed E-state index contributed by atoms with van der Waals surface area (Å²) in [5, 5.41) is 0. The largest absolute Gasteiger partial charge is 0.327 e. The topological polar surface area (TPSA) is 52.0 Å². The third-order valence-corrected chi connectivity index (χ3v) is 4.05. The number of benzene rings is 1. The van der Waals surface area contributed by atoms with E-state index in [2.05, 4.69) is 12.1 Å². The van der Waals surface area contributed by atoms with Gasteiger partial charge in [-0.3, -0.25) is 0 Å². The molecule has 0 amide bonds. The van der Waals surface area contributed by atoms with E-state index in [0.29, 0.717) is 12.1 Å². The summed E-state index contributed by atoms with van der Waals surface area (Å²) in [5.74, 6) is 0. The van der Waals surface area contributed by atoms with Gasteiger partial charge in [0, 0.05) is 12.1 Å². The normalized spacial score (nSPS) is 28.4. The van der Waals surface area contributed by atoms with Gasteiger partial charge >= 0.3 is 0 Å².